The minimum absolute atomic E-state index is 0.194. The topological polar surface area (TPSA) is 83.7 Å². The number of carbonyl (C=O) groups is 1. The van der Waals surface area contributed by atoms with Gasteiger partial charge in [0.1, 0.15) is 11.7 Å². The summed E-state index contributed by atoms with van der Waals surface area (Å²) in [5.74, 6) is -1.19. The number of carboxylic acid groups (broad SMARTS) is 1. The van der Waals surface area contributed by atoms with Crippen LogP contribution in [0.3, 0.4) is 0 Å². The number of halogens is 4. The average molecular weight is 339 g/mol. The number of carboxylic acids is 1. The minimum atomic E-state index is -4.84. The van der Waals surface area contributed by atoms with Crippen LogP contribution in [0.25, 0.3) is 0 Å². The van der Waals surface area contributed by atoms with Crippen LogP contribution in [0.1, 0.15) is 18.4 Å². The summed E-state index contributed by atoms with van der Waals surface area (Å²) >= 11 is 5.58. The Hall–Kier alpha value is -2.03. The maximum atomic E-state index is 12.8. The lowest BCUT2D eigenvalue weighted by Crippen LogP contribution is -2.36. The summed E-state index contributed by atoms with van der Waals surface area (Å²) in [5.41, 5.74) is -2.35. The molecule has 120 valence electrons. The number of anilines is 1. The molecule has 0 aliphatic carbocycles. The molecule has 0 spiro atoms. The molecule has 1 fully saturated rings. The van der Waals surface area contributed by atoms with Gasteiger partial charge in [0.25, 0.3) is 5.69 Å². The van der Waals surface area contributed by atoms with Crippen molar-refractivity contribution in [3.05, 3.63) is 32.8 Å². The van der Waals surface area contributed by atoms with Crippen LogP contribution in [0.2, 0.25) is 5.02 Å². The molecule has 0 bridgehead atoms. The molecule has 1 aliphatic rings. The van der Waals surface area contributed by atoms with E-state index in [2.05, 4.69) is 0 Å². The molecule has 0 amide bonds. The molecule has 1 unspecified atom stereocenters. The maximum Gasteiger partial charge on any atom is 0.418 e. The van der Waals surface area contributed by atoms with E-state index >= 15 is 0 Å². The number of rotatable bonds is 3. The van der Waals surface area contributed by atoms with E-state index in [1.54, 1.807) is 0 Å². The second-order valence-electron chi connectivity index (χ2n) is 4.77. The van der Waals surface area contributed by atoms with Gasteiger partial charge in [-0.25, -0.2) is 4.79 Å². The number of nitro groups is 1. The van der Waals surface area contributed by atoms with Crippen molar-refractivity contribution >= 4 is 28.9 Å². The fourth-order valence-corrected chi connectivity index (χ4v) is 2.72. The van der Waals surface area contributed by atoms with E-state index in [4.69, 9.17) is 16.7 Å². The van der Waals surface area contributed by atoms with Gasteiger partial charge in [-0.05, 0) is 18.9 Å². The zero-order valence-corrected chi connectivity index (χ0v) is 11.7. The van der Waals surface area contributed by atoms with Crippen molar-refractivity contribution < 1.29 is 28.0 Å². The van der Waals surface area contributed by atoms with Gasteiger partial charge in [-0.2, -0.15) is 13.2 Å². The van der Waals surface area contributed by atoms with Gasteiger partial charge in [-0.15, -0.1) is 0 Å². The highest BCUT2D eigenvalue weighted by atomic mass is 35.5. The highest BCUT2D eigenvalue weighted by Crippen LogP contribution is 2.43. The molecule has 1 heterocycles. The molecule has 1 aromatic carbocycles. The lowest BCUT2D eigenvalue weighted by Gasteiger charge is -2.24. The van der Waals surface area contributed by atoms with E-state index < -0.39 is 39.4 Å². The summed E-state index contributed by atoms with van der Waals surface area (Å²) < 4.78 is 38.4. The zero-order valence-electron chi connectivity index (χ0n) is 10.9. The number of nitro benzene ring substituents is 1. The van der Waals surface area contributed by atoms with Crippen molar-refractivity contribution in [2.45, 2.75) is 25.1 Å². The number of benzene rings is 1. The molecule has 1 aliphatic heterocycles. The van der Waals surface area contributed by atoms with Crippen molar-refractivity contribution in [3.63, 3.8) is 0 Å². The molecule has 22 heavy (non-hydrogen) atoms. The largest absolute Gasteiger partial charge is 0.480 e. The number of hydrogen-bond donors (Lipinski definition) is 1. The van der Waals surface area contributed by atoms with Gasteiger partial charge in [0.05, 0.1) is 15.5 Å². The molecule has 6 nitrogen and oxygen atoms in total. The van der Waals surface area contributed by atoms with E-state index in [9.17, 15) is 28.1 Å². The molecule has 10 heteroatoms. The molecule has 1 atom stereocenters. The van der Waals surface area contributed by atoms with E-state index in [-0.39, 0.29) is 18.7 Å². The Kier molecular flexibility index (Phi) is 4.19. The fourth-order valence-electron chi connectivity index (χ4n) is 2.46. The summed E-state index contributed by atoms with van der Waals surface area (Å²) in [4.78, 5) is 22.4. The Balaban J connectivity index is 2.59. The fraction of sp³-hybridized carbons (Fsp3) is 0.417. The molecule has 0 aromatic heterocycles. The SMILES string of the molecule is O=C(O)C1CCCN1c1cc(Cl)c(C(F)(F)F)cc1[N+](=O)[O-]. The van der Waals surface area contributed by atoms with Gasteiger partial charge in [0, 0.05) is 12.6 Å². The van der Waals surface area contributed by atoms with Crippen molar-refractivity contribution in [1.82, 2.24) is 0 Å². The molecule has 1 aromatic rings. The molecular formula is C12H10ClF3N2O4. The van der Waals surface area contributed by atoms with E-state index in [1.807, 2.05) is 0 Å². The lowest BCUT2D eigenvalue weighted by atomic mass is 10.1. The van der Waals surface area contributed by atoms with Crippen molar-refractivity contribution in [1.29, 1.82) is 0 Å². The first-order chi connectivity index (χ1) is 10.1. The van der Waals surface area contributed by atoms with Crippen LogP contribution < -0.4 is 4.90 Å². The summed E-state index contributed by atoms with van der Waals surface area (Å²) in [6.07, 6.45) is -4.12. The van der Waals surface area contributed by atoms with Crippen LogP contribution >= 0.6 is 11.6 Å². The normalized spacial score (nSPS) is 18.5. The van der Waals surface area contributed by atoms with Crippen LogP contribution in [-0.4, -0.2) is 28.6 Å². The summed E-state index contributed by atoms with van der Waals surface area (Å²) in [5, 5.41) is 19.5. The number of hydrogen-bond acceptors (Lipinski definition) is 4. The quantitative estimate of drug-likeness (QED) is 0.675. The molecule has 2 rings (SSSR count). The van der Waals surface area contributed by atoms with Gasteiger partial charge in [-0.1, -0.05) is 11.6 Å². The van der Waals surface area contributed by atoms with Crippen molar-refractivity contribution in [3.8, 4) is 0 Å². The highest BCUT2D eigenvalue weighted by molar-refractivity contribution is 6.31. The van der Waals surface area contributed by atoms with Gasteiger partial charge >= 0.3 is 12.1 Å². The maximum absolute atomic E-state index is 12.8. The van der Waals surface area contributed by atoms with E-state index in [0.29, 0.717) is 12.5 Å². The van der Waals surface area contributed by atoms with E-state index in [1.165, 1.54) is 4.90 Å². The summed E-state index contributed by atoms with van der Waals surface area (Å²) in [6, 6.07) is 0.130. The van der Waals surface area contributed by atoms with Gasteiger partial charge in [0.15, 0.2) is 0 Å². The Morgan fingerprint density at radius 1 is 1.45 bits per heavy atom. The van der Waals surface area contributed by atoms with E-state index in [0.717, 1.165) is 6.07 Å². The van der Waals surface area contributed by atoms with Crippen molar-refractivity contribution in [2.24, 2.45) is 0 Å². The second kappa shape index (κ2) is 5.64. The van der Waals surface area contributed by atoms with Crippen LogP contribution in [0.4, 0.5) is 24.5 Å². The number of alkyl halides is 3. The lowest BCUT2D eigenvalue weighted by molar-refractivity contribution is -0.384. The van der Waals surface area contributed by atoms with Crippen LogP contribution in [-0.2, 0) is 11.0 Å². The zero-order chi connectivity index (χ0) is 16.7. The molecular weight excluding hydrogens is 329 g/mol. The van der Waals surface area contributed by atoms with Gasteiger partial charge in [-0.3, -0.25) is 10.1 Å². The molecule has 0 saturated carbocycles. The second-order valence-corrected chi connectivity index (χ2v) is 5.17. The Morgan fingerprint density at radius 3 is 2.59 bits per heavy atom. The third kappa shape index (κ3) is 2.94. The van der Waals surface area contributed by atoms with Gasteiger partial charge < -0.3 is 10.0 Å². The van der Waals surface area contributed by atoms with Crippen molar-refractivity contribution in [2.75, 3.05) is 11.4 Å². The van der Waals surface area contributed by atoms with Crippen LogP contribution in [0, 0.1) is 10.1 Å². The standard InChI is InChI=1S/C12H10ClF3N2O4/c13-7-5-9(17-3-1-2-8(17)11(19)20)10(18(21)22)4-6(7)12(14,15)16/h4-5,8H,1-3H2,(H,19,20). The first kappa shape index (κ1) is 16.3. The summed E-state index contributed by atoms with van der Waals surface area (Å²) in [7, 11) is 0. The first-order valence-electron chi connectivity index (χ1n) is 6.17. The summed E-state index contributed by atoms with van der Waals surface area (Å²) in [6.45, 7) is 0.194. The van der Waals surface area contributed by atoms with Crippen LogP contribution in [0.5, 0.6) is 0 Å². The Bertz CT molecular complexity index is 636. The first-order valence-corrected chi connectivity index (χ1v) is 6.55. The predicted molar refractivity (Wildman–Crippen MR) is 71.1 cm³/mol. The monoisotopic (exact) mass is 338 g/mol. The Morgan fingerprint density at radius 2 is 2.09 bits per heavy atom. The third-order valence-electron chi connectivity index (χ3n) is 3.41. The predicted octanol–water partition coefficient (Wildman–Crippen LogP) is 3.32. The Labute approximate surface area is 127 Å². The van der Waals surface area contributed by atoms with Crippen LogP contribution in [0.15, 0.2) is 12.1 Å². The molecule has 0 radical (unpaired) electrons. The average Bonchev–Trinajstić information content (AvgIpc) is 2.85. The number of nitrogens with zero attached hydrogens (tertiary/aromatic N) is 2. The third-order valence-corrected chi connectivity index (χ3v) is 3.73. The number of aliphatic carboxylic acids is 1. The molecule has 1 saturated heterocycles. The molecule has 1 N–H and O–H groups in total. The van der Waals surface area contributed by atoms with Gasteiger partial charge in [0.2, 0.25) is 0 Å². The smallest absolute Gasteiger partial charge is 0.418 e. The minimum Gasteiger partial charge on any atom is -0.480 e. The highest BCUT2D eigenvalue weighted by Gasteiger charge is 2.39.